The Hall–Kier alpha value is -1.46. The van der Waals surface area contributed by atoms with Gasteiger partial charge < -0.3 is 44.5 Å². The van der Waals surface area contributed by atoms with Crippen molar-refractivity contribution in [2.45, 2.75) is 82.7 Å². The molecular weight excluding hydrogens is 471 g/mol. The molecule has 0 aromatic heterocycles. The lowest BCUT2D eigenvalue weighted by molar-refractivity contribution is -0.267. The van der Waals surface area contributed by atoms with Gasteiger partial charge in [0.15, 0.2) is 6.29 Å². The van der Waals surface area contributed by atoms with Crippen LogP contribution >= 0.6 is 8.53 Å². The maximum atomic E-state index is 12.0. The SMILES string of the molecule is CC(=O)OCC1O[C@@H](OCCCCCC(=O)NCC(C)OP(N)OCCC#N)[C@@H](N)C(O)[C@H]1O. The van der Waals surface area contributed by atoms with Gasteiger partial charge in [0.25, 0.3) is 8.53 Å². The van der Waals surface area contributed by atoms with Gasteiger partial charge in [0.1, 0.15) is 24.9 Å². The van der Waals surface area contributed by atoms with Crippen LogP contribution in [0.25, 0.3) is 0 Å². The van der Waals surface area contributed by atoms with Crippen molar-refractivity contribution in [2.75, 3.05) is 26.4 Å². The van der Waals surface area contributed by atoms with Crippen LogP contribution in [0.1, 0.15) is 46.0 Å². The fourth-order valence-electron chi connectivity index (χ4n) is 2.98. The second-order valence-electron chi connectivity index (χ2n) is 7.83. The Balaban J connectivity index is 2.17. The van der Waals surface area contributed by atoms with E-state index in [1.54, 1.807) is 6.92 Å². The fraction of sp³-hybridized carbons (Fsp3) is 0.850. The minimum Gasteiger partial charge on any atom is -0.463 e. The zero-order chi connectivity index (χ0) is 25.5. The number of aliphatic hydroxyl groups excluding tert-OH is 2. The van der Waals surface area contributed by atoms with Crippen molar-refractivity contribution in [3.8, 4) is 6.07 Å². The summed E-state index contributed by atoms with van der Waals surface area (Å²) < 4.78 is 26.6. The molecule has 4 unspecified atom stereocenters. The molecule has 0 radical (unpaired) electrons. The molecule has 14 heteroatoms. The molecule has 1 aliphatic heterocycles. The van der Waals surface area contributed by atoms with Gasteiger partial charge >= 0.3 is 5.97 Å². The summed E-state index contributed by atoms with van der Waals surface area (Å²) in [6.07, 6.45) is -2.26. The van der Waals surface area contributed by atoms with E-state index < -0.39 is 45.1 Å². The summed E-state index contributed by atoms with van der Waals surface area (Å²) in [5.74, 6) is -0.653. The van der Waals surface area contributed by atoms with Gasteiger partial charge in [0, 0.05) is 26.5 Å². The molecule has 196 valence electrons. The predicted octanol–water partition coefficient (Wildman–Crippen LogP) is -0.462. The number of nitriles is 1. The minimum absolute atomic E-state index is 0.119. The third-order valence-corrected chi connectivity index (χ3v) is 5.84. The first-order valence-corrected chi connectivity index (χ1v) is 12.4. The summed E-state index contributed by atoms with van der Waals surface area (Å²) in [5.41, 5.74) is 11.6. The molecule has 13 nitrogen and oxygen atoms in total. The molecule has 7 N–H and O–H groups in total. The van der Waals surface area contributed by atoms with Crippen LogP contribution in [0.2, 0.25) is 0 Å². The van der Waals surface area contributed by atoms with Gasteiger partial charge in [-0.3, -0.25) is 15.1 Å². The highest BCUT2D eigenvalue weighted by atomic mass is 31.2. The monoisotopic (exact) mass is 508 g/mol. The lowest BCUT2D eigenvalue weighted by atomic mass is 9.98. The normalized spacial score (nSPS) is 26.3. The number of hydrogen-bond acceptors (Lipinski definition) is 12. The van der Waals surface area contributed by atoms with E-state index in [4.69, 9.17) is 39.8 Å². The number of ether oxygens (including phenoxy) is 3. The number of nitrogens with two attached hydrogens (primary N) is 2. The van der Waals surface area contributed by atoms with Gasteiger partial charge in [0.05, 0.1) is 31.2 Å². The van der Waals surface area contributed by atoms with Crippen molar-refractivity contribution in [3.05, 3.63) is 0 Å². The molecule has 0 aromatic rings. The van der Waals surface area contributed by atoms with Crippen LogP contribution in [0.3, 0.4) is 0 Å². The number of unbranched alkanes of at least 4 members (excludes halogenated alkanes) is 2. The molecule has 0 bridgehead atoms. The summed E-state index contributed by atoms with van der Waals surface area (Å²) in [6, 6.07) is 0.990. The maximum absolute atomic E-state index is 12.0. The van der Waals surface area contributed by atoms with Crippen molar-refractivity contribution in [1.29, 1.82) is 5.26 Å². The molecule has 34 heavy (non-hydrogen) atoms. The molecule has 0 aromatic carbocycles. The van der Waals surface area contributed by atoms with Crippen molar-refractivity contribution in [3.63, 3.8) is 0 Å². The first-order chi connectivity index (χ1) is 16.1. The number of rotatable bonds is 16. The fourth-order valence-corrected chi connectivity index (χ4v) is 3.74. The maximum Gasteiger partial charge on any atom is 0.302 e. The standard InChI is InChI=1S/C20H37N4O9P/c1-13(33-34(23)31-10-6-8-21)11-24-16(26)7-4-3-5-9-29-20-17(22)19(28)18(27)15(32-20)12-30-14(2)25/h13,15,17-20,27-28H,3-7,9-12,22-23H2,1-2H3,(H,24,26)/t13?,15?,17-,18-,19?,20+,34?/m0/s1. The van der Waals surface area contributed by atoms with Crippen LogP contribution < -0.4 is 16.6 Å². The molecule has 1 aliphatic rings. The molecule has 0 aliphatic carbocycles. The van der Waals surface area contributed by atoms with Crippen LogP contribution in [-0.4, -0.2) is 85.2 Å². The van der Waals surface area contributed by atoms with Crippen molar-refractivity contribution < 1.29 is 43.1 Å². The highest BCUT2D eigenvalue weighted by molar-refractivity contribution is 7.44. The Labute approximate surface area is 200 Å². The van der Waals surface area contributed by atoms with Crippen molar-refractivity contribution in [1.82, 2.24) is 5.32 Å². The molecule has 0 spiro atoms. The van der Waals surface area contributed by atoms with Crippen LogP contribution in [0.15, 0.2) is 0 Å². The molecule has 1 rings (SSSR count). The lowest BCUT2D eigenvalue weighted by Crippen LogP contribution is -2.62. The molecular formula is C20H37N4O9P. The smallest absolute Gasteiger partial charge is 0.302 e. The minimum atomic E-state index is -1.59. The lowest BCUT2D eigenvalue weighted by Gasteiger charge is -2.40. The number of aliphatic hydroxyl groups is 2. The zero-order valence-corrected chi connectivity index (χ0v) is 20.5. The third kappa shape index (κ3) is 12.3. The molecule has 7 atom stereocenters. The predicted molar refractivity (Wildman–Crippen MR) is 121 cm³/mol. The van der Waals surface area contributed by atoms with E-state index in [1.807, 2.05) is 6.07 Å². The van der Waals surface area contributed by atoms with E-state index in [9.17, 15) is 19.8 Å². The molecule has 0 saturated carbocycles. The second-order valence-corrected chi connectivity index (χ2v) is 8.87. The molecule has 1 amide bonds. The van der Waals surface area contributed by atoms with Crippen LogP contribution in [-0.2, 0) is 32.8 Å². The number of esters is 1. The number of hydrogen-bond donors (Lipinski definition) is 5. The topological polar surface area (TPSA) is 209 Å². The average molecular weight is 509 g/mol. The third-order valence-electron chi connectivity index (χ3n) is 4.83. The van der Waals surface area contributed by atoms with E-state index in [2.05, 4.69) is 5.32 Å². The summed E-state index contributed by atoms with van der Waals surface area (Å²) in [4.78, 5) is 22.9. The molecule has 1 heterocycles. The quantitative estimate of drug-likeness (QED) is 0.102. The Morgan fingerprint density at radius 1 is 1.24 bits per heavy atom. The van der Waals surface area contributed by atoms with Crippen LogP contribution in [0.4, 0.5) is 0 Å². The largest absolute Gasteiger partial charge is 0.463 e. The number of nitrogens with zero attached hydrogens (tertiary/aromatic N) is 1. The Morgan fingerprint density at radius 2 is 1.97 bits per heavy atom. The van der Waals surface area contributed by atoms with E-state index in [0.29, 0.717) is 32.2 Å². The molecule has 1 saturated heterocycles. The van der Waals surface area contributed by atoms with E-state index >= 15 is 0 Å². The summed E-state index contributed by atoms with van der Waals surface area (Å²) >= 11 is 0. The highest BCUT2D eigenvalue weighted by Gasteiger charge is 2.43. The highest BCUT2D eigenvalue weighted by Crippen LogP contribution is 2.30. The van der Waals surface area contributed by atoms with Gasteiger partial charge in [0.2, 0.25) is 5.91 Å². The summed E-state index contributed by atoms with van der Waals surface area (Å²) in [7, 11) is -1.59. The first-order valence-electron chi connectivity index (χ1n) is 11.2. The molecule has 1 fully saturated rings. The summed E-state index contributed by atoms with van der Waals surface area (Å²) in [5, 5.41) is 31.3. The van der Waals surface area contributed by atoms with Crippen molar-refractivity contribution >= 4 is 20.4 Å². The van der Waals surface area contributed by atoms with E-state index in [1.165, 1.54) is 6.92 Å². The van der Waals surface area contributed by atoms with Crippen LogP contribution in [0, 0.1) is 11.3 Å². The van der Waals surface area contributed by atoms with Gasteiger partial charge in [-0.1, -0.05) is 6.42 Å². The second kappa shape index (κ2) is 17.0. The first kappa shape index (κ1) is 30.6. The number of carbonyl (C=O) groups is 2. The van der Waals surface area contributed by atoms with Gasteiger partial charge in [-0.15, -0.1) is 0 Å². The van der Waals surface area contributed by atoms with E-state index in [-0.39, 0.29) is 38.3 Å². The Morgan fingerprint density at radius 3 is 2.65 bits per heavy atom. The number of nitrogens with one attached hydrogen (secondary N) is 1. The Kier molecular flexibility index (Phi) is 15.3. The number of amides is 1. The van der Waals surface area contributed by atoms with Gasteiger partial charge in [-0.2, -0.15) is 5.26 Å². The van der Waals surface area contributed by atoms with Crippen LogP contribution in [0.5, 0.6) is 0 Å². The van der Waals surface area contributed by atoms with Crippen molar-refractivity contribution in [2.24, 2.45) is 11.2 Å². The zero-order valence-electron chi connectivity index (χ0n) is 19.6. The summed E-state index contributed by atoms with van der Waals surface area (Å²) in [6.45, 7) is 3.54. The van der Waals surface area contributed by atoms with Gasteiger partial charge in [-0.25, -0.2) is 0 Å². The van der Waals surface area contributed by atoms with Gasteiger partial charge in [-0.05, 0) is 19.8 Å². The van der Waals surface area contributed by atoms with E-state index in [0.717, 1.165) is 0 Å². The average Bonchev–Trinajstić information content (AvgIpc) is 2.79. The number of carbonyl (C=O) groups excluding carboxylic acids is 2. The Bertz CT molecular complexity index is 654.